The molecule has 0 aliphatic carbocycles. The van der Waals surface area contributed by atoms with Crippen molar-refractivity contribution in [1.82, 2.24) is 4.90 Å². The molecule has 1 unspecified atom stereocenters. The van der Waals surface area contributed by atoms with Gasteiger partial charge in [-0.15, -0.1) is 0 Å². The normalized spacial score (nSPS) is 18.2. The number of nitrogens with two attached hydrogens (primary N) is 1. The molecule has 0 spiro atoms. The number of benzene rings is 1. The molecule has 2 N–H and O–H groups in total. The van der Waals surface area contributed by atoms with Crippen LogP contribution >= 0.6 is 0 Å². The third-order valence-corrected chi connectivity index (χ3v) is 3.21. The zero-order chi connectivity index (χ0) is 12.1. The zero-order valence-electron chi connectivity index (χ0n) is 10.6. The Labute approximate surface area is 104 Å². The topological polar surface area (TPSA) is 38.5 Å². The monoisotopic (exact) mass is 234 g/mol. The molecule has 1 aromatic carbocycles. The maximum Gasteiger partial charge on any atom is 0.142 e. The SMILES string of the molecule is CC(COc1ccccc1N)CN1CCCC1. The van der Waals surface area contributed by atoms with Crippen LogP contribution in [0.1, 0.15) is 19.8 Å². The molecule has 3 nitrogen and oxygen atoms in total. The summed E-state index contributed by atoms with van der Waals surface area (Å²) in [5.74, 6) is 1.36. The fourth-order valence-electron chi connectivity index (χ4n) is 2.30. The number of hydrogen-bond donors (Lipinski definition) is 1. The number of likely N-dealkylation sites (tertiary alicyclic amines) is 1. The van der Waals surface area contributed by atoms with E-state index < -0.39 is 0 Å². The van der Waals surface area contributed by atoms with Crippen molar-refractivity contribution < 1.29 is 4.74 Å². The van der Waals surface area contributed by atoms with E-state index in [4.69, 9.17) is 10.5 Å². The van der Waals surface area contributed by atoms with Gasteiger partial charge in [0, 0.05) is 12.5 Å². The van der Waals surface area contributed by atoms with Gasteiger partial charge in [-0.3, -0.25) is 0 Å². The number of anilines is 1. The first-order valence-corrected chi connectivity index (χ1v) is 6.45. The predicted octanol–water partition coefficient (Wildman–Crippen LogP) is 2.38. The summed E-state index contributed by atoms with van der Waals surface area (Å²) in [7, 11) is 0. The molecule has 1 aliphatic heterocycles. The summed E-state index contributed by atoms with van der Waals surface area (Å²) in [5, 5.41) is 0. The van der Waals surface area contributed by atoms with Crippen LogP contribution < -0.4 is 10.5 Å². The van der Waals surface area contributed by atoms with E-state index in [0.29, 0.717) is 5.92 Å². The quantitative estimate of drug-likeness (QED) is 0.795. The van der Waals surface area contributed by atoms with Crippen LogP contribution in [0, 0.1) is 5.92 Å². The van der Waals surface area contributed by atoms with Crippen LogP contribution in [0.3, 0.4) is 0 Å². The molecule has 2 rings (SSSR count). The maximum absolute atomic E-state index is 5.83. The first kappa shape index (κ1) is 12.2. The third-order valence-electron chi connectivity index (χ3n) is 3.21. The van der Waals surface area contributed by atoms with E-state index in [1.54, 1.807) is 0 Å². The van der Waals surface area contributed by atoms with Crippen LogP contribution in [0.5, 0.6) is 5.75 Å². The molecular weight excluding hydrogens is 212 g/mol. The lowest BCUT2D eigenvalue weighted by molar-refractivity contribution is 0.207. The summed E-state index contributed by atoms with van der Waals surface area (Å²) in [5.41, 5.74) is 6.56. The fraction of sp³-hybridized carbons (Fsp3) is 0.571. The number of nitrogen functional groups attached to an aromatic ring is 1. The summed E-state index contributed by atoms with van der Waals surface area (Å²) < 4.78 is 5.76. The molecule has 3 heteroatoms. The average Bonchev–Trinajstić information content (AvgIpc) is 2.81. The molecule has 94 valence electrons. The first-order valence-electron chi connectivity index (χ1n) is 6.45. The van der Waals surface area contributed by atoms with E-state index in [1.165, 1.54) is 25.9 Å². The predicted molar refractivity (Wildman–Crippen MR) is 71.2 cm³/mol. The summed E-state index contributed by atoms with van der Waals surface area (Å²) in [6.07, 6.45) is 2.69. The van der Waals surface area contributed by atoms with Gasteiger partial charge in [0.1, 0.15) is 5.75 Å². The highest BCUT2D eigenvalue weighted by Gasteiger charge is 2.15. The lowest BCUT2D eigenvalue weighted by Crippen LogP contribution is -2.28. The highest BCUT2D eigenvalue weighted by molar-refractivity contribution is 5.51. The second-order valence-corrected chi connectivity index (χ2v) is 4.96. The molecule has 1 fully saturated rings. The van der Waals surface area contributed by atoms with Gasteiger partial charge in [0.15, 0.2) is 0 Å². The summed E-state index contributed by atoms with van der Waals surface area (Å²) in [4.78, 5) is 2.52. The molecule has 1 saturated heterocycles. The Bertz CT molecular complexity index is 348. The number of nitrogens with zero attached hydrogens (tertiary/aromatic N) is 1. The highest BCUT2D eigenvalue weighted by atomic mass is 16.5. The Morgan fingerprint density at radius 1 is 1.29 bits per heavy atom. The van der Waals surface area contributed by atoms with Crippen molar-refractivity contribution in [2.75, 3.05) is 32.0 Å². The van der Waals surface area contributed by atoms with Crippen LogP contribution in [0.4, 0.5) is 5.69 Å². The zero-order valence-corrected chi connectivity index (χ0v) is 10.6. The van der Waals surface area contributed by atoms with Crippen LogP contribution in [-0.4, -0.2) is 31.1 Å². The van der Waals surface area contributed by atoms with Crippen LogP contribution in [-0.2, 0) is 0 Å². The maximum atomic E-state index is 5.83. The summed E-state index contributed by atoms with van der Waals surface area (Å²) >= 11 is 0. The first-order chi connectivity index (χ1) is 8.25. The molecule has 1 heterocycles. The van der Waals surface area contributed by atoms with Crippen molar-refractivity contribution in [2.45, 2.75) is 19.8 Å². The smallest absolute Gasteiger partial charge is 0.142 e. The summed E-state index contributed by atoms with van der Waals surface area (Å²) in [6.45, 7) is 6.60. The second kappa shape index (κ2) is 5.92. The minimum Gasteiger partial charge on any atom is -0.491 e. The van der Waals surface area contributed by atoms with E-state index in [1.807, 2.05) is 24.3 Å². The third kappa shape index (κ3) is 3.63. The van der Waals surface area contributed by atoms with Crippen LogP contribution in [0.2, 0.25) is 0 Å². The molecule has 0 aromatic heterocycles. The molecule has 0 bridgehead atoms. The van der Waals surface area contributed by atoms with Crippen molar-refractivity contribution in [3.63, 3.8) is 0 Å². The van der Waals surface area contributed by atoms with Crippen molar-refractivity contribution in [2.24, 2.45) is 5.92 Å². The second-order valence-electron chi connectivity index (χ2n) is 4.96. The average molecular weight is 234 g/mol. The van der Waals surface area contributed by atoms with Crippen molar-refractivity contribution in [1.29, 1.82) is 0 Å². The highest BCUT2D eigenvalue weighted by Crippen LogP contribution is 2.20. The number of para-hydroxylation sites is 2. The largest absolute Gasteiger partial charge is 0.491 e. The van der Waals surface area contributed by atoms with E-state index in [9.17, 15) is 0 Å². The molecule has 0 saturated carbocycles. The summed E-state index contributed by atoms with van der Waals surface area (Å²) in [6, 6.07) is 7.69. The lowest BCUT2D eigenvalue weighted by Gasteiger charge is -2.20. The Morgan fingerprint density at radius 3 is 2.71 bits per heavy atom. The van der Waals surface area contributed by atoms with Gasteiger partial charge in [0.2, 0.25) is 0 Å². The van der Waals surface area contributed by atoms with Gasteiger partial charge in [-0.25, -0.2) is 0 Å². The van der Waals surface area contributed by atoms with Gasteiger partial charge in [0.05, 0.1) is 12.3 Å². The van der Waals surface area contributed by atoms with Crippen LogP contribution in [0.25, 0.3) is 0 Å². The minimum absolute atomic E-state index is 0.549. The molecule has 1 aromatic rings. The Kier molecular flexibility index (Phi) is 4.26. The fourth-order valence-corrected chi connectivity index (χ4v) is 2.30. The molecule has 0 radical (unpaired) electrons. The lowest BCUT2D eigenvalue weighted by atomic mass is 10.2. The van der Waals surface area contributed by atoms with Gasteiger partial charge >= 0.3 is 0 Å². The van der Waals surface area contributed by atoms with E-state index in [0.717, 1.165) is 24.6 Å². The van der Waals surface area contributed by atoms with Gasteiger partial charge in [0.25, 0.3) is 0 Å². The Hall–Kier alpha value is -1.22. The van der Waals surface area contributed by atoms with Gasteiger partial charge in [-0.1, -0.05) is 19.1 Å². The van der Waals surface area contributed by atoms with Gasteiger partial charge in [-0.05, 0) is 38.1 Å². The van der Waals surface area contributed by atoms with Crippen molar-refractivity contribution in [3.05, 3.63) is 24.3 Å². The molecular formula is C14H22N2O. The van der Waals surface area contributed by atoms with Crippen molar-refractivity contribution in [3.8, 4) is 5.75 Å². The molecule has 1 aliphatic rings. The van der Waals surface area contributed by atoms with Gasteiger partial charge < -0.3 is 15.4 Å². The Morgan fingerprint density at radius 2 is 2.00 bits per heavy atom. The number of hydrogen-bond acceptors (Lipinski definition) is 3. The molecule has 1 atom stereocenters. The van der Waals surface area contributed by atoms with Crippen LogP contribution in [0.15, 0.2) is 24.3 Å². The number of ether oxygens (including phenoxy) is 1. The molecule has 0 amide bonds. The van der Waals surface area contributed by atoms with Gasteiger partial charge in [-0.2, -0.15) is 0 Å². The van der Waals surface area contributed by atoms with Crippen molar-refractivity contribution >= 4 is 5.69 Å². The van der Waals surface area contributed by atoms with E-state index in [-0.39, 0.29) is 0 Å². The van der Waals surface area contributed by atoms with E-state index >= 15 is 0 Å². The number of rotatable bonds is 5. The molecule has 17 heavy (non-hydrogen) atoms. The standard InChI is InChI=1S/C14H22N2O/c1-12(10-16-8-4-5-9-16)11-17-14-7-3-2-6-13(14)15/h2-3,6-7,12H,4-5,8-11,15H2,1H3. The van der Waals surface area contributed by atoms with E-state index in [2.05, 4.69) is 11.8 Å². The minimum atomic E-state index is 0.549. The Balaban J connectivity index is 1.75.